The second kappa shape index (κ2) is 6.58. The van der Waals surface area contributed by atoms with Gasteiger partial charge in [-0.05, 0) is 12.5 Å². The van der Waals surface area contributed by atoms with E-state index in [-0.39, 0.29) is 6.04 Å². The van der Waals surface area contributed by atoms with Gasteiger partial charge < -0.3 is 9.15 Å². The molecule has 0 saturated heterocycles. The third kappa shape index (κ3) is 2.57. The van der Waals surface area contributed by atoms with Crippen LogP contribution in [0.3, 0.4) is 0 Å². The van der Waals surface area contributed by atoms with Crippen LogP contribution in [-0.4, -0.2) is 16.9 Å². The number of aryl methyl sites for hydroxylation is 2. The van der Waals surface area contributed by atoms with Gasteiger partial charge in [0.15, 0.2) is 5.75 Å². The van der Waals surface area contributed by atoms with Crippen LogP contribution in [0.5, 0.6) is 5.75 Å². The summed E-state index contributed by atoms with van der Waals surface area (Å²) >= 11 is 0. The van der Waals surface area contributed by atoms with E-state index in [0.717, 1.165) is 42.2 Å². The Morgan fingerprint density at radius 1 is 1.50 bits per heavy atom. The molecule has 0 radical (unpaired) electrons. The molecule has 0 saturated carbocycles. The quantitative estimate of drug-likeness (QED) is 0.598. The van der Waals surface area contributed by atoms with Crippen LogP contribution in [0.2, 0.25) is 0 Å². The van der Waals surface area contributed by atoms with Crippen LogP contribution in [0, 0.1) is 0 Å². The molecule has 0 aliphatic rings. The number of hydrogen-bond donors (Lipinski definition) is 2. The molecule has 1 atom stereocenters. The smallest absolute Gasteiger partial charge is 0.161 e. The van der Waals surface area contributed by atoms with Gasteiger partial charge in [-0.2, -0.15) is 5.10 Å². The monoisotopic (exact) mass is 278 g/mol. The molecule has 2 heterocycles. The minimum atomic E-state index is -0.201. The molecule has 0 aromatic carbocycles. The van der Waals surface area contributed by atoms with Gasteiger partial charge in [0, 0.05) is 18.5 Å². The third-order valence-electron chi connectivity index (χ3n) is 3.35. The van der Waals surface area contributed by atoms with Crippen molar-refractivity contribution in [3.05, 3.63) is 35.5 Å². The van der Waals surface area contributed by atoms with E-state index in [1.165, 1.54) is 0 Å². The van der Waals surface area contributed by atoms with E-state index in [1.54, 1.807) is 19.6 Å². The van der Waals surface area contributed by atoms with Crippen molar-refractivity contribution in [2.24, 2.45) is 5.84 Å². The van der Waals surface area contributed by atoms with E-state index in [0.29, 0.717) is 0 Å². The largest absolute Gasteiger partial charge is 0.493 e. The summed E-state index contributed by atoms with van der Waals surface area (Å²) in [4.78, 5) is 0. The maximum Gasteiger partial charge on any atom is 0.161 e. The average Bonchev–Trinajstić information content (AvgIpc) is 3.08. The molecule has 110 valence electrons. The molecule has 1 unspecified atom stereocenters. The molecule has 2 rings (SSSR count). The van der Waals surface area contributed by atoms with Crippen LogP contribution in [0.1, 0.15) is 43.3 Å². The lowest BCUT2D eigenvalue weighted by Gasteiger charge is -2.19. The molecular formula is C14H22N4O2. The highest BCUT2D eigenvalue weighted by atomic mass is 16.5. The molecule has 3 N–H and O–H groups in total. The molecule has 2 aromatic heterocycles. The Morgan fingerprint density at radius 3 is 2.90 bits per heavy atom. The van der Waals surface area contributed by atoms with Crippen molar-refractivity contribution >= 4 is 0 Å². The zero-order chi connectivity index (χ0) is 14.5. The molecule has 0 fully saturated rings. The number of hydrogen-bond acceptors (Lipinski definition) is 5. The number of nitrogens with zero attached hydrogens (tertiary/aromatic N) is 2. The van der Waals surface area contributed by atoms with E-state index in [1.807, 2.05) is 10.7 Å². The second-order valence-corrected chi connectivity index (χ2v) is 4.57. The van der Waals surface area contributed by atoms with Crippen LogP contribution in [0.15, 0.2) is 22.9 Å². The Kier molecular flexibility index (Phi) is 4.81. The first-order valence-electron chi connectivity index (χ1n) is 6.88. The zero-order valence-corrected chi connectivity index (χ0v) is 12.2. The minimum Gasteiger partial charge on any atom is -0.493 e. The first kappa shape index (κ1) is 14.6. The lowest BCUT2D eigenvalue weighted by molar-refractivity contribution is 0.397. The van der Waals surface area contributed by atoms with Gasteiger partial charge in [-0.15, -0.1) is 0 Å². The topological polar surface area (TPSA) is 78.2 Å². The van der Waals surface area contributed by atoms with E-state index < -0.39 is 0 Å². The zero-order valence-electron chi connectivity index (χ0n) is 12.2. The summed E-state index contributed by atoms with van der Waals surface area (Å²) in [6, 6.07) is 1.74. The number of hydrazine groups is 1. The van der Waals surface area contributed by atoms with Crippen molar-refractivity contribution in [3.8, 4) is 5.75 Å². The lowest BCUT2D eigenvalue weighted by Crippen LogP contribution is -2.31. The number of rotatable bonds is 7. The summed E-state index contributed by atoms with van der Waals surface area (Å²) in [5.41, 5.74) is 4.80. The fourth-order valence-corrected chi connectivity index (χ4v) is 2.43. The summed E-state index contributed by atoms with van der Waals surface area (Å²) in [5, 5.41) is 4.38. The SMILES string of the molecule is CCCn1ncc(OC)c1C(NN)c1ccoc1CC. The van der Waals surface area contributed by atoms with E-state index in [2.05, 4.69) is 24.4 Å². The van der Waals surface area contributed by atoms with Crippen molar-refractivity contribution in [1.82, 2.24) is 15.2 Å². The van der Waals surface area contributed by atoms with E-state index >= 15 is 0 Å². The molecule has 6 heteroatoms. The highest BCUT2D eigenvalue weighted by Crippen LogP contribution is 2.32. The molecule has 0 aliphatic carbocycles. The number of nitrogens with one attached hydrogen (secondary N) is 1. The normalized spacial score (nSPS) is 12.6. The number of ether oxygens (including phenoxy) is 1. The molecule has 6 nitrogen and oxygen atoms in total. The van der Waals surface area contributed by atoms with Gasteiger partial charge >= 0.3 is 0 Å². The average molecular weight is 278 g/mol. The van der Waals surface area contributed by atoms with Gasteiger partial charge in [0.05, 0.1) is 25.6 Å². The second-order valence-electron chi connectivity index (χ2n) is 4.57. The fourth-order valence-electron chi connectivity index (χ4n) is 2.43. The van der Waals surface area contributed by atoms with E-state index in [4.69, 9.17) is 15.0 Å². The van der Waals surface area contributed by atoms with Crippen molar-refractivity contribution in [2.45, 2.75) is 39.3 Å². The summed E-state index contributed by atoms with van der Waals surface area (Å²) in [6.07, 6.45) is 5.21. The molecule has 0 bridgehead atoms. The van der Waals surface area contributed by atoms with Crippen molar-refractivity contribution in [1.29, 1.82) is 0 Å². The van der Waals surface area contributed by atoms with Crippen molar-refractivity contribution < 1.29 is 9.15 Å². The van der Waals surface area contributed by atoms with Crippen LogP contribution >= 0.6 is 0 Å². The number of nitrogens with two attached hydrogens (primary N) is 1. The van der Waals surface area contributed by atoms with E-state index in [9.17, 15) is 0 Å². The highest BCUT2D eigenvalue weighted by molar-refractivity contribution is 5.37. The van der Waals surface area contributed by atoms with Crippen molar-refractivity contribution in [3.63, 3.8) is 0 Å². The van der Waals surface area contributed by atoms with Crippen LogP contribution in [0.4, 0.5) is 0 Å². The molecule has 0 amide bonds. The first-order chi connectivity index (χ1) is 9.76. The lowest BCUT2D eigenvalue weighted by atomic mass is 10.0. The van der Waals surface area contributed by atoms with Crippen LogP contribution in [-0.2, 0) is 13.0 Å². The van der Waals surface area contributed by atoms with Crippen molar-refractivity contribution in [2.75, 3.05) is 7.11 Å². The van der Waals surface area contributed by atoms with Gasteiger partial charge in [-0.1, -0.05) is 13.8 Å². The molecule has 20 heavy (non-hydrogen) atoms. The Hall–Kier alpha value is -1.79. The fraction of sp³-hybridized carbons (Fsp3) is 0.500. The summed E-state index contributed by atoms with van der Waals surface area (Å²) in [5.74, 6) is 7.42. The molecule has 2 aromatic rings. The Labute approximate surface area is 118 Å². The predicted molar refractivity (Wildman–Crippen MR) is 76.3 cm³/mol. The highest BCUT2D eigenvalue weighted by Gasteiger charge is 2.25. The number of methoxy groups -OCH3 is 1. The third-order valence-corrected chi connectivity index (χ3v) is 3.35. The Morgan fingerprint density at radius 2 is 2.30 bits per heavy atom. The number of furan rings is 1. The Bertz CT molecular complexity index is 547. The molecule has 0 aliphatic heterocycles. The maximum absolute atomic E-state index is 5.78. The molecular weight excluding hydrogens is 256 g/mol. The van der Waals surface area contributed by atoms with Gasteiger partial charge in [0.2, 0.25) is 0 Å². The summed E-state index contributed by atoms with van der Waals surface area (Å²) in [6.45, 7) is 4.98. The molecule has 0 spiro atoms. The van der Waals surface area contributed by atoms with Crippen LogP contribution in [0.25, 0.3) is 0 Å². The predicted octanol–water partition coefficient (Wildman–Crippen LogP) is 2.01. The van der Waals surface area contributed by atoms with Gasteiger partial charge in [-0.3, -0.25) is 10.5 Å². The maximum atomic E-state index is 5.78. The van der Waals surface area contributed by atoms with Gasteiger partial charge in [0.1, 0.15) is 11.5 Å². The summed E-state index contributed by atoms with van der Waals surface area (Å²) in [7, 11) is 1.64. The summed E-state index contributed by atoms with van der Waals surface area (Å²) < 4.78 is 12.8. The van der Waals surface area contributed by atoms with Crippen LogP contribution < -0.4 is 16.0 Å². The Balaban J connectivity index is 2.48. The minimum absolute atomic E-state index is 0.201. The van der Waals surface area contributed by atoms with Gasteiger partial charge in [0.25, 0.3) is 0 Å². The van der Waals surface area contributed by atoms with Gasteiger partial charge in [-0.25, -0.2) is 5.43 Å². The first-order valence-corrected chi connectivity index (χ1v) is 6.88. The number of aromatic nitrogens is 2. The standard InChI is InChI=1S/C14H22N4O2/c1-4-7-18-14(12(19-3)9-16-18)13(17-15)10-6-8-20-11(10)5-2/h6,8-9,13,17H,4-5,7,15H2,1-3H3.